The number of carboxylic acid groups (broad SMARTS) is 1. The van der Waals surface area contributed by atoms with Gasteiger partial charge in [0.25, 0.3) is 0 Å². The SMILES string of the molecule is CCC(C)(CC)CCC(=O)[O-]. The summed E-state index contributed by atoms with van der Waals surface area (Å²) >= 11 is 0. The van der Waals surface area contributed by atoms with E-state index < -0.39 is 5.97 Å². The van der Waals surface area contributed by atoms with Crippen LogP contribution in [0.1, 0.15) is 46.5 Å². The van der Waals surface area contributed by atoms with E-state index in [2.05, 4.69) is 20.8 Å². The lowest BCUT2D eigenvalue weighted by atomic mass is 9.80. The molecule has 0 N–H and O–H groups in total. The number of carbonyl (C=O) groups is 1. The van der Waals surface area contributed by atoms with Crippen LogP contribution in [0.15, 0.2) is 0 Å². The van der Waals surface area contributed by atoms with Crippen LogP contribution >= 0.6 is 0 Å². The van der Waals surface area contributed by atoms with Crippen molar-refractivity contribution in [3.63, 3.8) is 0 Å². The van der Waals surface area contributed by atoms with Gasteiger partial charge in [-0.25, -0.2) is 0 Å². The summed E-state index contributed by atoms with van der Waals surface area (Å²) < 4.78 is 0. The van der Waals surface area contributed by atoms with Gasteiger partial charge in [-0.1, -0.05) is 33.6 Å². The van der Waals surface area contributed by atoms with E-state index in [1.165, 1.54) is 0 Å². The van der Waals surface area contributed by atoms with Crippen LogP contribution in [0.2, 0.25) is 0 Å². The van der Waals surface area contributed by atoms with E-state index in [4.69, 9.17) is 0 Å². The molecule has 0 spiro atoms. The molecule has 2 nitrogen and oxygen atoms in total. The topological polar surface area (TPSA) is 40.1 Å². The lowest BCUT2D eigenvalue weighted by molar-refractivity contribution is -0.306. The summed E-state index contributed by atoms with van der Waals surface area (Å²) in [6.45, 7) is 6.31. The molecule has 0 rings (SSSR count). The highest BCUT2D eigenvalue weighted by Gasteiger charge is 2.18. The average Bonchev–Trinajstić information content (AvgIpc) is 2.00. The summed E-state index contributed by atoms with van der Waals surface area (Å²) in [5, 5.41) is 10.2. The Morgan fingerprint density at radius 3 is 2.09 bits per heavy atom. The average molecular weight is 157 g/mol. The van der Waals surface area contributed by atoms with Crippen molar-refractivity contribution < 1.29 is 9.90 Å². The Balaban J connectivity index is 3.78. The molecule has 0 fully saturated rings. The molecule has 0 aromatic rings. The monoisotopic (exact) mass is 157 g/mol. The molecule has 11 heavy (non-hydrogen) atoms. The maximum atomic E-state index is 10.2. The van der Waals surface area contributed by atoms with Gasteiger partial charge >= 0.3 is 0 Å². The Morgan fingerprint density at radius 2 is 1.82 bits per heavy atom. The Labute approximate surface area is 68.6 Å². The molecule has 0 aliphatic heterocycles. The highest BCUT2D eigenvalue weighted by atomic mass is 16.4. The Bertz CT molecular complexity index is 126. The van der Waals surface area contributed by atoms with Crippen LogP contribution in [-0.4, -0.2) is 5.97 Å². The van der Waals surface area contributed by atoms with Crippen molar-refractivity contribution in [1.29, 1.82) is 0 Å². The van der Waals surface area contributed by atoms with Crippen LogP contribution in [0.5, 0.6) is 0 Å². The zero-order valence-electron chi connectivity index (χ0n) is 7.64. The Kier molecular flexibility index (Phi) is 4.16. The smallest absolute Gasteiger partial charge is 0.0414 e. The number of carbonyl (C=O) groups excluding carboxylic acids is 1. The first kappa shape index (κ1) is 10.5. The van der Waals surface area contributed by atoms with Crippen LogP contribution in [0.3, 0.4) is 0 Å². The fraction of sp³-hybridized carbons (Fsp3) is 0.889. The molecule has 2 heteroatoms. The second-order valence-corrected chi connectivity index (χ2v) is 3.39. The summed E-state index contributed by atoms with van der Waals surface area (Å²) in [4.78, 5) is 10.2. The fourth-order valence-electron chi connectivity index (χ4n) is 1.01. The van der Waals surface area contributed by atoms with Crippen molar-refractivity contribution in [2.75, 3.05) is 0 Å². The maximum Gasteiger partial charge on any atom is 0.0414 e. The van der Waals surface area contributed by atoms with Gasteiger partial charge in [-0.2, -0.15) is 0 Å². The zero-order chi connectivity index (χ0) is 8.91. The van der Waals surface area contributed by atoms with Gasteiger partial charge in [-0.05, 0) is 18.3 Å². The van der Waals surface area contributed by atoms with Crippen LogP contribution in [-0.2, 0) is 4.79 Å². The van der Waals surface area contributed by atoms with Gasteiger partial charge in [-0.3, -0.25) is 0 Å². The van der Waals surface area contributed by atoms with E-state index in [0.717, 1.165) is 19.3 Å². The molecule has 0 aliphatic carbocycles. The molecule has 0 atom stereocenters. The van der Waals surface area contributed by atoms with Crippen molar-refractivity contribution in [3.8, 4) is 0 Å². The number of aliphatic carboxylic acids is 1. The third-order valence-electron chi connectivity index (χ3n) is 2.64. The highest BCUT2D eigenvalue weighted by molar-refractivity contribution is 5.64. The lowest BCUT2D eigenvalue weighted by Crippen LogP contribution is -2.25. The fourth-order valence-corrected chi connectivity index (χ4v) is 1.01. The van der Waals surface area contributed by atoms with Crippen LogP contribution in [0, 0.1) is 5.41 Å². The first-order valence-electron chi connectivity index (χ1n) is 4.24. The maximum absolute atomic E-state index is 10.2. The van der Waals surface area contributed by atoms with Crippen molar-refractivity contribution in [2.24, 2.45) is 5.41 Å². The molecular formula is C9H17O2-. The second-order valence-electron chi connectivity index (χ2n) is 3.39. The normalized spacial score (nSPS) is 11.5. The molecule has 0 radical (unpaired) electrons. The van der Waals surface area contributed by atoms with Crippen molar-refractivity contribution >= 4 is 5.97 Å². The number of rotatable bonds is 5. The largest absolute Gasteiger partial charge is 0.550 e. The predicted octanol–water partition coefficient (Wildman–Crippen LogP) is 1.34. The predicted molar refractivity (Wildman–Crippen MR) is 42.9 cm³/mol. The first-order valence-corrected chi connectivity index (χ1v) is 4.24. The molecule has 0 aliphatic rings. The van der Waals surface area contributed by atoms with Crippen LogP contribution in [0.25, 0.3) is 0 Å². The molecule has 0 saturated heterocycles. The Morgan fingerprint density at radius 1 is 1.36 bits per heavy atom. The molecule has 0 aromatic heterocycles. The van der Waals surface area contributed by atoms with Gasteiger partial charge in [0.15, 0.2) is 0 Å². The van der Waals surface area contributed by atoms with Gasteiger partial charge in [0, 0.05) is 5.97 Å². The summed E-state index contributed by atoms with van der Waals surface area (Å²) in [7, 11) is 0. The molecule has 0 heterocycles. The van der Waals surface area contributed by atoms with E-state index in [9.17, 15) is 9.90 Å². The quantitative estimate of drug-likeness (QED) is 0.604. The minimum Gasteiger partial charge on any atom is -0.550 e. The second kappa shape index (κ2) is 4.37. The summed E-state index contributed by atoms with van der Waals surface area (Å²) in [6, 6.07) is 0. The van der Waals surface area contributed by atoms with Gasteiger partial charge in [0.2, 0.25) is 0 Å². The third kappa shape index (κ3) is 4.02. The van der Waals surface area contributed by atoms with Crippen molar-refractivity contribution in [2.45, 2.75) is 46.5 Å². The molecule has 66 valence electrons. The van der Waals surface area contributed by atoms with Crippen molar-refractivity contribution in [3.05, 3.63) is 0 Å². The first-order chi connectivity index (χ1) is 5.04. The minimum atomic E-state index is -0.932. The summed E-state index contributed by atoms with van der Waals surface area (Å²) in [5.41, 5.74) is 0.195. The molecule has 0 amide bonds. The summed E-state index contributed by atoms with van der Waals surface area (Å²) in [6.07, 6.45) is 3.01. The van der Waals surface area contributed by atoms with Gasteiger partial charge in [0.1, 0.15) is 0 Å². The standard InChI is InChI=1S/C9H18O2/c1-4-9(3,5-2)7-6-8(10)11/h4-7H2,1-3H3,(H,10,11)/p-1. The summed E-state index contributed by atoms with van der Waals surface area (Å²) in [5.74, 6) is -0.932. The van der Waals surface area contributed by atoms with E-state index in [1.54, 1.807) is 0 Å². The number of carboxylic acids is 1. The molecular weight excluding hydrogens is 140 g/mol. The molecule has 0 saturated carbocycles. The zero-order valence-corrected chi connectivity index (χ0v) is 7.64. The Hall–Kier alpha value is -0.530. The van der Waals surface area contributed by atoms with Crippen molar-refractivity contribution in [1.82, 2.24) is 0 Å². The van der Waals surface area contributed by atoms with E-state index in [1.807, 2.05) is 0 Å². The van der Waals surface area contributed by atoms with E-state index in [-0.39, 0.29) is 11.8 Å². The van der Waals surface area contributed by atoms with Crippen LogP contribution in [0.4, 0.5) is 0 Å². The molecule has 0 aromatic carbocycles. The third-order valence-corrected chi connectivity index (χ3v) is 2.64. The minimum absolute atomic E-state index is 0.193. The number of hydrogen-bond donors (Lipinski definition) is 0. The van der Waals surface area contributed by atoms with E-state index in [0.29, 0.717) is 0 Å². The van der Waals surface area contributed by atoms with E-state index >= 15 is 0 Å². The van der Waals surface area contributed by atoms with Crippen LogP contribution < -0.4 is 5.11 Å². The van der Waals surface area contributed by atoms with Gasteiger partial charge in [0.05, 0.1) is 0 Å². The molecule has 0 unspecified atom stereocenters. The lowest BCUT2D eigenvalue weighted by Gasteiger charge is -2.26. The molecule has 0 bridgehead atoms. The highest BCUT2D eigenvalue weighted by Crippen LogP contribution is 2.30. The van der Waals surface area contributed by atoms with Gasteiger partial charge in [-0.15, -0.1) is 0 Å². The van der Waals surface area contributed by atoms with Gasteiger partial charge < -0.3 is 9.90 Å². The number of hydrogen-bond acceptors (Lipinski definition) is 2.